The molecule has 4 heteroatoms. The summed E-state index contributed by atoms with van der Waals surface area (Å²) in [4.78, 5) is 4.15. The number of aromatic nitrogens is 1. The van der Waals surface area contributed by atoms with E-state index in [0.29, 0.717) is 6.61 Å². The number of benzene rings is 1. The van der Waals surface area contributed by atoms with Crippen LogP contribution in [0, 0.1) is 0 Å². The lowest BCUT2D eigenvalue weighted by molar-refractivity contribution is 0.310. The van der Waals surface area contributed by atoms with Crippen molar-refractivity contribution in [1.82, 2.24) is 10.3 Å². The Morgan fingerprint density at radius 1 is 1.24 bits per heavy atom. The van der Waals surface area contributed by atoms with Crippen molar-refractivity contribution in [2.24, 2.45) is 0 Å². The molecule has 1 aromatic carbocycles. The summed E-state index contributed by atoms with van der Waals surface area (Å²) in [6.07, 6.45) is 3.67. The van der Waals surface area contributed by atoms with Crippen LogP contribution in [0.2, 0.25) is 0 Å². The van der Waals surface area contributed by atoms with Crippen LogP contribution in [0.25, 0.3) is 0 Å². The van der Waals surface area contributed by atoms with Gasteiger partial charge in [-0.25, -0.2) is 0 Å². The van der Waals surface area contributed by atoms with E-state index in [2.05, 4.69) is 23.3 Å². The van der Waals surface area contributed by atoms with Gasteiger partial charge in [0.2, 0.25) is 0 Å². The monoisotopic (exact) mass is 286 g/mol. The molecule has 2 aromatic rings. The zero-order valence-electron chi connectivity index (χ0n) is 12.8. The molecule has 0 saturated heterocycles. The normalized spacial score (nSPS) is 12.0. The highest BCUT2D eigenvalue weighted by molar-refractivity contribution is 5.43. The van der Waals surface area contributed by atoms with Gasteiger partial charge in [-0.05, 0) is 43.2 Å². The summed E-state index contributed by atoms with van der Waals surface area (Å²) in [7, 11) is 1.65. The summed E-state index contributed by atoms with van der Waals surface area (Å²) in [5.74, 6) is 1.55. The number of hydrogen-bond donors (Lipinski definition) is 1. The molecule has 0 bridgehead atoms. The maximum Gasteiger partial charge on any atom is 0.161 e. The van der Waals surface area contributed by atoms with Crippen molar-refractivity contribution in [2.75, 3.05) is 13.7 Å². The maximum atomic E-state index is 5.60. The molecule has 2 rings (SSSR count). The lowest BCUT2D eigenvalue weighted by atomic mass is 10.1. The molecule has 4 nitrogen and oxygen atoms in total. The third-order valence-electron chi connectivity index (χ3n) is 3.32. The Morgan fingerprint density at radius 2 is 2.10 bits per heavy atom. The molecule has 0 radical (unpaired) electrons. The minimum absolute atomic E-state index is 0.247. The second kappa shape index (κ2) is 7.64. The minimum Gasteiger partial charge on any atom is -0.493 e. The van der Waals surface area contributed by atoms with Gasteiger partial charge in [0.1, 0.15) is 0 Å². The Labute approximate surface area is 126 Å². The van der Waals surface area contributed by atoms with Crippen LogP contribution >= 0.6 is 0 Å². The van der Waals surface area contributed by atoms with Gasteiger partial charge in [-0.3, -0.25) is 4.98 Å². The van der Waals surface area contributed by atoms with Crippen LogP contribution in [0.15, 0.2) is 42.7 Å². The van der Waals surface area contributed by atoms with Gasteiger partial charge in [0.05, 0.1) is 13.7 Å². The van der Waals surface area contributed by atoms with E-state index in [0.717, 1.165) is 23.6 Å². The third-order valence-corrected chi connectivity index (χ3v) is 3.32. The highest BCUT2D eigenvalue weighted by atomic mass is 16.5. The van der Waals surface area contributed by atoms with Crippen LogP contribution in [0.3, 0.4) is 0 Å². The summed E-state index contributed by atoms with van der Waals surface area (Å²) < 4.78 is 10.9. The van der Waals surface area contributed by atoms with Gasteiger partial charge < -0.3 is 14.8 Å². The second-order valence-corrected chi connectivity index (χ2v) is 4.81. The van der Waals surface area contributed by atoms with E-state index in [4.69, 9.17) is 9.47 Å². The van der Waals surface area contributed by atoms with Crippen molar-refractivity contribution < 1.29 is 9.47 Å². The molecule has 0 saturated carbocycles. The van der Waals surface area contributed by atoms with Crippen LogP contribution < -0.4 is 14.8 Å². The van der Waals surface area contributed by atoms with E-state index >= 15 is 0 Å². The lowest BCUT2D eigenvalue weighted by Gasteiger charge is -2.15. The van der Waals surface area contributed by atoms with E-state index in [1.165, 1.54) is 5.56 Å². The predicted octanol–water partition coefficient (Wildman–Crippen LogP) is 3.34. The number of methoxy groups -OCH3 is 1. The number of rotatable bonds is 7. The zero-order valence-corrected chi connectivity index (χ0v) is 12.8. The molecular formula is C17H22N2O2. The average Bonchev–Trinajstić information content (AvgIpc) is 2.54. The van der Waals surface area contributed by atoms with Crippen molar-refractivity contribution >= 4 is 0 Å². The van der Waals surface area contributed by atoms with Gasteiger partial charge in [0.25, 0.3) is 0 Å². The molecule has 1 heterocycles. The number of nitrogens with one attached hydrogen (secondary N) is 1. The van der Waals surface area contributed by atoms with E-state index in [-0.39, 0.29) is 6.04 Å². The average molecular weight is 286 g/mol. The van der Waals surface area contributed by atoms with Gasteiger partial charge in [-0.15, -0.1) is 0 Å². The van der Waals surface area contributed by atoms with Crippen molar-refractivity contribution in [3.05, 3.63) is 53.9 Å². The molecular weight excluding hydrogens is 264 g/mol. The fourth-order valence-electron chi connectivity index (χ4n) is 2.12. The summed E-state index contributed by atoms with van der Waals surface area (Å²) in [6.45, 7) is 5.48. The number of ether oxygens (including phenoxy) is 2. The smallest absolute Gasteiger partial charge is 0.161 e. The first-order valence-electron chi connectivity index (χ1n) is 7.17. The standard InChI is InChI=1S/C17H22N2O2/c1-4-21-17-10-14(7-8-16(17)20-3)11-19-13(2)15-6-5-9-18-12-15/h5-10,12-13,19H,4,11H2,1-3H3. The Balaban J connectivity index is 2.01. The Morgan fingerprint density at radius 3 is 2.76 bits per heavy atom. The van der Waals surface area contributed by atoms with Gasteiger partial charge in [-0.1, -0.05) is 12.1 Å². The highest BCUT2D eigenvalue weighted by Crippen LogP contribution is 2.28. The van der Waals surface area contributed by atoms with Crippen LogP contribution in [0.1, 0.15) is 31.0 Å². The van der Waals surface area contributed by atoms with Gasteiger partial charge in [0.15, 0.2) is 11.5 Å². The summed E-state index contributed by atoms with van der Waals surface area (Å²) in [5.41, 5.74) is 2.34. The highest BCUT2D eigenvalue weighted by Gasteiger charge is 2.08. The number of hydrogen-bond acceptors (Lipinski definition) is 4. The van der Waals surface area contributed by atoms with Crippen LogP contribution in [-0.4, -0.2) is 18.7 Å². The van der Waals surface area contributed by atoms with E-state index in [1.807, 2.05) is 37.4 Å². The molecule has 0 spiro atoms. The first kappa shape index (κ1) is 15.3. The van der Waals surface area contributed by atoms with Gasteiger partial charge in [-0.2, -0.15) is 0 Å². The molecule has 0 amide bonds. The lowest BCUT2D eigenvalue weighted by Crippen LogP contribution is -2.18. The van der Waals surface area contributed by atoms with Crippen molar-refractivity contribution in [2.45, 2.75) is 26.4 Å². The van der Waals surface area contributed by atoms with Crippen LogP contribution in [-0.2, 0) is 6.54 Å². The molecule has 0 aliphatic rings. The molecule has 21 heavy (non-hydrogen) atoms. The van der Waals surface area contributed by atoms with Gasteiger partial charge in [0, 0.05) is 25.0 Å². The minimum atomic E-state index is 0.247. The number of nitrogens with zero attached hydrogens (tertiary/aromatic N) is 1. The summed E-state index contributed by atoms with van der Waals surface area (Å²) in [6, 6.07) is 10.3. The van der Waals surface area contributed by atoms with Crippen molar-refractivity contribution in [3.63, 3.8) is 0 Å². The van der Waals surface area contributed by atoms with Crippen LogP contribution in [0.5, 0.6) is 11.5 Å². The first-order valence-corrected chi connectivity index (χ1v) is 7.17. The molecule has 0 aliphatic heterocycles. The third kappa shape index (κ3) is 4.20. The molecule has 1 N–H and O–H groups in total. The SMILES string of the molecule is CCOc1cc(CNC(C)c2cccnc2)ccc1OC. The molecule has 0 fully saturated rings. The molecule has 0 aliphatic carbocycles. The van der Waals surface area contributed by atoms with E-state index in [1.54, 1.807) is 13.3 Å². The van der Waals surface area contributed by atoms with Crippen molar-refractivity contribution in [1.29, 1.82) is 0 Å². The Kier molecular flexibility index (Phi) is 5.58. The summed E-state index contributed by atoms with van der Waals surface area (Å²) >= 11 is 0. The molecule has 112 valence electrons. The van der Waals surface area contributed by atoms with Gasteiger partial charge >= 0.3 is 0 Å². The number of pyridine rings is 1. The quantitative estimate of drug-likeness (QED) is 0.847. The van der Waals surface area contributed by atoms with E-state index < -0.39 is 0 Å². The maximum absolute atomic E-state index is 5.60. The fraction of sp³-hybridized carbons (Fsp3) is 0.353. The first-order chi connectivity index (χ1) is 10.2. The summed E-state index contributed by atoms with van der Waals surface area (Å²) in [5, 5.41) is 3.49. The van der Waals surface area contributed by atoms with Crippen LogP contribution in [0.4, 0.5) is 0 Å². The molecule has 1 atom stereocenters. The zero-order chi connectivity index (χ0) is 15.1. The topological polar surface area (TPSA) is 43.4 Å². The second-order valence-electron chi connectivity index (χ2n) is 4.81. The largest absolute Gasteiger partial charge is 0.493 e. The Bertz CT molecular complexity index is 558. The molecule has 1 unspecified atom stereocenters. The predicted molar refractivity (Wildman–Crippen MR) is 83.7 cm³/mol. The molecule has 1 aromatic heterocycles. The van der Waals surface area contributed by atoms with E-state index in [9.17, 15) is 0 Å². The fourth-order valence-corrected chi connectivity index (χ4v) is 2.12. The Hall–Kier alpha value is -2.07. The van der Waals surface area contributed by atoms with Crippen molar-refractivity contribution in [3.8, 4) is 11.5 Å².